The quantitative estimate of drug-likeness (QED) is 0.811. The molecule has 1 amide bonds. The summed E-state index contributed by atoms with van der Waals surface area (Å²) < 4.78 is 5.48. The molecule has 1 aliphatic carbocycles. The van der Waals surface area contributed by atoms with Gasteiger partial charge in [0.25, 0.3) is 0 Å². The zero-order valence-electron chi connectivity index (χ0n) is 17.6. The maximum atomic E-state index is 12.5. The average Bonchev–Trinajstić information content (AvgIpc) is 3.22. The van der Waals surface area contributed by atoms with Crippen molar-refractivity contribution in [1.29, 1.82) is 0 Å². The molecule has 4 heteroatoms. The molecule has 2 fully saturated rings. The molecule has 3 atom stereocenters. The standard InChI is InChI=1S/C25H31NO3/c1-24(2,3)21-9-11-22(12-10-21)25(28)13-19-15-26(16-20(19)14-25)23(27)29-17-18-7-5-4-6-8-18/h4-12,19-20,28H,13-17H2,1-3H3/t19-,20+,25-. The van der Waals surface area contributed by atoms with E-state index >= 15 is 0 Å². The predicted molar refractivity (Wildman–Crippen MR) is 113 cm³/mol. The lowest BCUT2D eigenvalue weighted by atomic mass is 9.84. The number of amides is 1. The SMILES string of the molecule is CC(C)(C)c1ccc([C@]2(O)C[C@H]3CN(C(=O)OCc4ccccc4)C[C@H]3C2)cc1. The monoisotopic (exact) mass is 393 g/mol. The van der Waals surface area contributed by atoms with Crippen LogP contribution in [-0.4, -0.2) is 29.2 Å². The molecule has 2 aromatic rings. The summed E-state index contributed by atoms with van der Waals surface area (Å²) in [7, 11) is 0. The number of rotatable bonds is 3. The highest BCUT2D eigenvalue weighted by atomic mass is 16.6. The molecule has 0 spiro atoms. The molecule has 0 aromatic heterocycles. The Labute approximate surface area is 173 Å². The highest BCUT2D eigenvalue weighted by molar-refractivity contribution is 5.68. The minimum atomic E-state index is -0.786. The first-order valence-corrected chi connectivity index (χ1v) is 10.5. The van der Waals surface area contributed by atoms with Gasteiger partial charge in [-0.25, -0.2) is 4.79 Å². The first kappa shape index (κ1) is 20.0. The van der Waals surface area contributed by atoms with Crippen LogP contribution >= 0.6 is 0 Å². The van der Waals surface area contributed by atoms with E-state index in [4.69, 9.17) is 4.74 Å². The number of hydrogen-bond acceptors (Lipinski definition) is 3. The molecular weight excluding hydrogens is 362 g/mol. The number of ether oxygens (including phenoxy) is 1. The Balaban J connectivity index is 1.35. The van der Waals surface area contributed by atoms with Crippen molar-refractivity contribution in [2.24, 2.45) is 11.8 Å². The third kappa shape index (κ3) is 4.18. The number of carbonyl (C=O) groups excluding carboxylic acids is 1. The Morgan fingerprint density at radius 1 is 1.03 bits per heavy atom. The van der Waals surface area contributed by atoms with Crippen molar-refractivity contribution in [2.75, 3.05) is 13.1 Å². The lowest BCUT2D eigenvalue weighted by Gasteiger charge is -2.27. The molecular formula is C25H31NO3. The van der Waals surface area contributed by atoms with Crippen LogP contribution in [0.2, 0.25) is 0 Å². The summed E-state index contributed by atoms with van der Waals surface area (Å²) in [6.07, 6.45) is 1.16. The molecule has 1 saturated heterocycles. The second-order valence-electron chi connectivity index (χ2n) is 9.73. The van der Waals surface area contributed by atoms with E-state index in [1.54, 1.807) is 4.90 Å². The van der Waals surface area contributed by atoms with Gasteiger partial charge in [0, 0.05) is 13.1 Å². The van der Waals surface area contributed by atoms with Gasteiger partial charge in [-0.05, 0) is 46.8 Å². The van der Waals surface area contributed by atoms with Gasteiger partial charge < -0.3 is 14.7 Å². The highest BCUT2D eigenvalue weighted by Crippen LogP contribution is 2.49. The Hall–Kier alpha value is -2.33. The van der Waals surface area contributed by atoms with E-state index in [2.05, 4.69) is 45.0 Å². The molecule has 1 saturated carbocycles. The van der Waals surface area contributed by atoms with Gasteiger partial charge in [0.1, 0.15) is 6.61 Å². The van der Waals surface area contributed by atoms with Crippen molar-refractivity contribution in [3.63, 3.8) is 0 Å². The number of hydrogen-bond donors (Lipinski definition) is 1. The van der Waals surface area contributed by atoms with Gasteiger partial charge in [0.15, 0.2) is 0 Å². The number of likely N-dealkylation sites (tertiary alicyclic amines) is 1. The molecule has 4 rings (SSSR count). The molecule has 4 nitrogen and oxygen atoms in total. The Kier molecular flexibility index (Phi) is 5.16. The van der Waals surface area contributed by atoms with Gasteiger partial charge in [-0.1, -0.05) is 75.4 Å². The molecule has 0 bridgehead atoms. The highest BCUT2D eigenvalue weighted by Gasteiger charge is 2.50. The van der Waals surface area contributed by atoms with E-state index in [0.29, 0.717) is 44.4 Å². The Bertz CT molecular complexity index is 840. The van der Waals surface area contributed by atoms with E-state index in [0.717, 1.165) is 11.1 Å². The van der Waals surface area contributed by atoms with Gasteiger partial charge in [0.2, 0.25) is 0 Å². The van der Waals surface area contributed by atoms with E-state index in [-0.39, 0.29) is 11.5 Å². The van der Waals surface area contributed by atoms with Crippen LogP contribution in [0.1, 0.15) is 50.3 Å². The molecule has 154 valence electrons. The maximum absolute atomic E-state index is 12.5. The van der Waals surface area contributed by atoms with Crippen LogP contribution in [0.25, 0.3) is 0 Å². The molecule has 1 N–H and O–H groups in total. The fourth-order valence-electron chi connectivity index (χ4n) is 4.83. The average molecular weight is 394 g/mol. The molecule has 1 heterocycles. The van der Waals surface area contributed by atoms with Crippen LogP contribution in [0.5, 0.6) is 0 Å². The van der Waals surface area contributed by atoms with Gasteiger partial charge in [-0.15, -0.1) is 0 Å². The number of nitrogens with zero attached hydrogens (tertiary/aromatic N) is 1. The normalized spacial score (nSPS) is 26.4. The lowest BCUT2D eigenvalue weighted by molar-refractivity contribution is 0.0298. The van der Waals surface area contributed by atoms with Crippen molar-refractivity contribution in [3.8, 4) is 0 Å². The van der Waals surface area contributed by atoms with Gasteiger partial charge >= 0.3 is 6.09 Å². The zero-order valence-corrected chi connectivity index (χ0v) is 17.6. The lowest BCUT2D eigenvalue weighted by Crippen LogP contribution is -2.32. The summed E-state index contributed by atoms with van der Waals surface area (Å²) >= 11 is 0. The van der Waals surface area contributed by atoms with Crippen LogP contribution < -0.4 is 0 Å². The van der Waals surface area contributed by atoms with Crippen molar-refractivity contribution < 1.29 is 14.6 Å². The maximum Gasteiger partial charge on any atom is 0.410 e. The number of fused-ring (bicyclic) bond motifs is 1. The van der Waals surface area contributed by atoms with Crippen LogP contribution in [0, 0.1) is 11.8 Å². The summed E-state index contributed by atoms with van der Waals surface area (Å²) in [5.41, 5.74) is 2.58. The van der Waals surface area contributed by atoms with E-state index in [1.807, 2.05) is 30.3 Å². The van der Waals surface area contributed by atoms with Crippen molar-refractivity contribution >= 4 is 6.09 Å². The topological polar surface area (TPSA) is 49.8 Å². The fourth-order valence-corrected chi connectivity index (χ4v) is 4.83. The molecule has 2 aliphatic rings. The molecule has 1 aliphatic heterocycles. The summed E-state index contributed by atoms with van der Waals surface area (Å²) in [6, 6.07) is 18.2. The zero-order chi connectivity index (χ0) is 20.6. The molecule has 0 unspecified atom stereocenters. The first-order valence-electron chi connectivity index (χ1n) is 10.5. The smallest absolute Gasteiger partial charge is 0.410 e. The Morgan fingerprint density at radius 2 is 1.62 bits per heavy atom. The van der Waals surface area contributed by atoms with Gasteiger partial charge in [-0.3, -0.25) is 0 Å². The summed E-state index contributed by atoms with van der Waals surface area (Å²) in [6.45, 7) is 8.23. The van der Waals surface area contributed by atoms with Crippen LogP contribution in [0.15, 0.2) is 54.6 Å². The fraction of sp³-hybridized carbons (Fsp3) is 0.480. The molecule has 0 radical (unpaired) electrons. The second kappa shape index (κ2) is 7.49. The van der Waals surface area contributed by atoms with E-state index in [1.165, 1.54) is 5.56 Å². The number of benzene rings is 2. The summed E-state index contributed by atoms with van der Waals surface area (Å²) in [5, 5.41) is 11.3. The number of carbonyl (C=O) groups is 1. The molecule has 2 aromatic carbocycles. The minimum Gasteiger partial charge on any atom is -0.445 e. The van der Waals surface area contributed by atoms with E-state index in [9.17, 15) is 9.90 Å². The van der Waals surface area contributed by atoms with Crippen LogP contribution in [0.4, 0.5) is 4.79 Å². The summed E-state index contributed by atoms with van der Waals surface area (Å²) in [5.74, 6) is 0.651. The van der Waals surface area contributed by atoms with E-state index < -0.39 is 5.60 Å². The third-order valence-electron chi connectivity index (χ3n) is 6.53. The third-order valence-corrected chi connectivity index (χ3v) is 6.53. The first-order chi connectivity index (χ1) is 13.7. The van der Waals surface area contributed by atoms with Gasteiger partial charge in [-0.2, -0.15) is 0 Å². The van der Waals surface area contributed by atoms with Gasteiger partial charge in [0.05, 0.1) is 5.60 Å². The van der Waals surface area contributed by atoms with Crippen molar-refractivity contribution in [3.05, 3.63) is 71.3 Å². The van der Waals surface area contributed by atoms with Crippen LogP contribution in [0.3, 0.4) is 0 Å². The Morgan fingerprint density at radius 3 is 2.17 bits per heavy atom. The van der Waals surface area contributed by atoms with Crippen molar-refractivity contribution in [2.45, 2.75) is 51.2 Å². The predicted octanol–water partition coefficient (Wildman–Crippen LogP) is 4.85. The second-order valence-corrected chi connectivity index (χ2v) is 9.73. The van der Waals surface area contributed by atoms with Crippen molar-refractivity contribution in [1.82, 2.24) is 4.90 Å². The molecule has 29 heavy (non-hydrogen) atoms. The largest absolute Gasteiger partial charge is 0.445 e. The number of aliphatic hydroxyl groups is 1. The van der Waals surface area contributed by atoms with Crippen LogP contribution in [-0.2, 0) is 22.4 Å². The minimum absolute atomic E-state index is 0.105. The summed E-state index contributed by atoms with van der Waals surface area (Å²) in [4.78, 5) is 14.3.